The lowest BCUT2D eigenvalue weighted by Gasteiger charge is -2.02. The zero-order valence-corrected chi connectivity index (χ0v) is 14.6. The van der Waals surface area contributed by atoms with Gasteiger partial charge >= 0.3 is 0 Å². The van der Waals surface area contributed by atoms with Gasteiger partial charge in [0.15, 0.2) is 5.13 Å². The third kappa shape index (κ3) is 3.16. The first-order valence-corrected chi connectivity index (χ1v) is 8.60. The van der Waals surface area contributed by atoms with Gasteiger partial charge in [0.05, 0.1) is 11.6 Å². The van der Waals surface area contributed by atoms with Crippen LogP contribution in [0.4, 0.5) is 10.9 Å². The Morgan fingerprint density at radius 3 is 2.88 bits per heavy atom. The summed E-state index contributed by atoms with van der Waals surface area (Å²) in [6.45, 7) is 1.99. The Bertz CT molecular complexity index is 1080. The van der Waals surface area contributed by atoms with Gasteiger partial charge in [-0.2, -0.15) is 10.4 Å². The second-order valence-corrected chi connectivity index (χ2v) is 6.53. The van der Waals surface area contributed by atoms with Gasteiger partial charge in [0.25, 0.3) is 0 Å². The highest BCUT2D eigenvalue weighted by Gasteiger charge is 2.16. The van der Waals surface area contributed by atoms with Gasteiger partial charge in [-0.25, -0.2) is 19.6 Å². The number of aryl methyl sites for hydroxylation is 1. The zero-order chi connectivity index (χ0) is 17.9. The van der Waals surface area contributed by atoms with Crippen LogP contribution in [0.25, 0.3) is 16.3 Å². The van der Waals surface area contributed by atoms with E-state index in [0.29, 0.717) is 16.5 Å². The predicted octanol–water partition coefficient (Wildman–Crippen LogP) is 3.71. The van der Waals surface area contributed by atoms with Crippen LogP contribution in [0.1, 0.15) is 11.1 Å². The predicted molar refractivity (Wildman–Crippen MR) is 99.4 cm³/mol. The summed E-state index contributed by atoms with van der Waals surface area (Å²) in [6.07, 6.45) is 4.90. The summed E-state index contributed by atoms with van der Waals surface area (Å²) in [6, 6.07) is 13.4. The van der Waals surface area contributed by atoms with Crippen molar-refractivity contribution in [3.8, 4) is 22.3 Å². The molecule has 0 unspecified atom stereocenters. The Hall–Kier alpha value is -3.57. The molecule has 0 amide bonds. The van der Waals surface area contributed by atoms with Crippen LogP contribution in [0.3, 0.4) is 0 Å². The molecule has 8 heteroatoms. The number of rotatable bonds is 4. The van der Waals surface area contributed by atoms with E-state index in [1.807, 2.05) is 37.3 Å². The van der Waals surface area contributed by atoms with Crippen LogP contribution in [0.15, 0.2) is 55.2 Å². The molecule has 0 saturated heterocycles. The molecule has 0 radical (unpaired) electrons. The van der Waals surface area contributed by atoms with Gasteiger partial charge in [-0.15, -0.1) is 0 Å². The van der Waals surface area contributed by atoms with E-state index >= 15 is 0 Å². The summed E-state index contributed by atoms with van der Waals surface area (Å²) in [5.74, 6) is 0.715. The number of pyridine rings is 1. The highest BCUT2D eigenvalue weighted by molar-refractivity contribution is 7.18. The number of benzene rings is 1. The molecule has 3 heterocycles. The number of hydrogen-bond acceptors (Lipinski definition) is 7. The van der Waals surface area contributed by atoms with Crippen molar-refractivity contribution in [2.24, 2.45) is 0 Å². The van der Waals surface area contributed by atoms with Crippen molar-refractivity contribution in [1.29, 1.82) is 5.26 Å². The van der Waals surface area contributed by atoms with Crippen molar-refractivity contribution >= 4 is 22.3 Å². The van der Waals surface area contributed by atoms with Crippen LogP contribution in [0.5, 0.6) is 0 Å². The molecular weight excluding hydrogens is 346 g/mol. The molecule has 0 fully saturated rings. The van der Waals surface area contributed by atoms with E-state index in [-0.39, 0.29) is 0 Å². The van der Waals surface area contributed by atoms with E-state index in [4.69, 9.17) is 10.2 Å². The number of nitriles is 1. The Balaban J connectivity index is 1.78. The largest absolute Gasteiger partial charge is 0.316 e. The topological polar surface area (TPSA) is 92.3 Å². The summed E-state index contributed by atoms with van der Waals surface area (Å²) in [5.41, 5.74) is 3.24. The molecule has 4 rings (SSSR count). The molecule has 0 aliphatic carbocycles. The van der Waals surface area contributed by atoms with E-state index < -0.39 is 0 Å². The number of thiazole rings is 1. The minimum atomic E-state index is 0.578. The highest BCUT2D eigenvalue weighted by atomic mass is 32.1. The number of anilines is 2. The fourth-order valence-corrected chi connectivity index (χ4v) is 3.33. The van der Waals surface area contributed by atoms with Gasteiger partial charge in [-0.3, -0.25) is 0 Å². The summed E-state index contributed by atoms with van der Waals surface area (Å²) in [4.78, 5) is 13.1. The van der Waals surface area contributed by atoms with Gasteiger partial charge in [0.1, 0.15) is 29.2 Å². The third-order valence-electron chi connectivity index (χ3n) is 3.65. The lowest BCUT2D eigenvalue weighted by atomic mass is 10.1. The van der Waals surface area contributed by atoms with E-state index in [1.54, 1.807) is 23.3 Å². The Labute approximate surface area is 153 Å². The van der Waals surface area contributed by atoms with Crippen molar-refractivity contribution in [2.45, 2.75) is 6.92 Å². The van der Waals surface area contributed by atoms with Crippen LogP contribution in [0, 0.1) is 18.3 Å². The molecule has 0 saturated carbocycles. The molecule has 0 aliphatic rings. The Morgan fingerprint density at radius 1 is 1.23 bits per heavy atom. The standard InChI is InChI=1S/C18H13N7S/c1-12-5-6-15(21-9-12)23-18-24-16(14-4-2-3-13(7-14)8-19)17(26-18)25-11-20-10-22-25/h2-7,9-11H,1H3,(H,21,23,24). The highest BCUT2D eigenvalue weighted by Crippen LogP contribution is 2.35. The first-order valence-electron chi connectivity index (χ1n) is 7.79. The van der Waals surface area contributed by atoms with Crippen molar-refractivity contribution in [3.63, 3.8) is 0 Å². The van der Waals surface area contributed by atoms with Crippen molar-refractivity contribution in [1.82, 2.24) is 24.7 Å². The molecule has 1 aromatic carbocycles. The number of hydrogen-bond donors (Lipinski definition) is 1. The summed E-state index contributed by atoms with van der Waals surface area (Å²) < 4.78 is 1.67. The van der Waals surface area contributed by atoms with E-state index in [2.05, 4.69) is 26.5 Å². The third-order valence-corrected chi connectivity index (χ3v) is 4.61. The van der Waals surface area contributed by atoms with Crippen LogP contribution in [0.2, 0.25) is 0 Å². The lowest BCUT2D eigenvalue weighted by molar-refractivity contribution is 0.895. The maximum Gasteiger partial charge on any atom is 0.190 e. The maximum absolute atomic E-state index is 9.17. The number of nitrogens with zero attached hydrogens (tertiary/aromatic N) is 6. The van der Waals surface area contributed by atoms with Crippen LogP contribution in [-0.2, 0) is 0 Å². The Morgan fingerprint density at radius 2 is 2.15 bits per heavy atom. The van der Waals surface area contributed by atoms with Gasteiger partial charge in [0, 0.05) is 11.8 Å². The van der Waals surface area contributed by atoms with Crippen LogP contribution >= 0.6 is 11.3 Å². The fourth-order valence-electron chi connectivity index (χ4n) is 2.41. The van der Waals surface area contributed by atoms with Gasteiger partial charge in [-0.1, -0.05) is 29.5 Å². The molecule has 0 atom stereocenters. The molecule has 0 aliphatic heterocycles. The van der Waals surface area contributed by atoms with Gasteiger partial charge in [-0.05, 0) is 30.7 Å². The Kier molecular flexibility index (Phi) is 4.13. The molecule has 126 valence electrons. The molecule has 3 aromatic heterocycles. The zero-order valence-electron chi connectivity index (χ0n) is 13.8. The smallest absolute Gasteiger partial charge is 0.190 e. The first kappa shape index (κ1) is 15.9. The van der Waals surface area contributed by atoms with E-state index in [1.165, 1.54) is 17.7 Å². The summed E-state index contributed by atoms with van der Waals surface area (Å²) in [7, 11) is 0. The van der Waals surface area contributed by atoms with Crippen molar-refractivity contribution in [3.05, 3.63) is 66.4 Å². The van der Waals surface area contributed by atoms with E-state index in [0.717, 1.165) is 21.8 Å². The van der Waals surface area contributed by atoms with Gasteiger partial charge < -0.3 is 5.32 Å². The number of aromatic nitrogens is 5. The minimum absolute atomic E-state index is 0.578. The molecule has 0 bridgehead atoms. The average Bonchev–Trinajstić information content (AvgIpc) is 3.33. The fraction of sp³-hybridized carbons (Fsp3) is 0.0556. The van der Waals surface area contributed by atoms with E-state index in [9.17, 15) is 0 Å². The summed E-state index contributed by atoms with van der Waals surface area (Å²) >= 11 is 1.44. The molecule has 1 N–H and O–H groups in total. The number of nitrogens with one attached hydrogen (secondary N) is 1. The minimum Gasteiger partial charge on any atom is -0.316 e. The van der Waals surface area contributed by atoms with Crippen LogP contribution < -0.4 is 5.32 Å². The lowest BCUT2D eigenvalue weighted by Crippen LogP contribution is -1.94. The van der Waals surface area contributed by atoms with Crippen molar-refractivity contribution < 1.29 is 0 Å². The SMILES string of the molecule is Cc1ccc(Nc2nc(-c3cccc(C#N)c3)c(-n3cncn3)s2)nc1. The maximum atomic E-state index is 9.17. The van der Waals surface area contributed by atoms with Gasteiger partial charge in [0.2, 0.25) is 0 Å². The monoisotopic (exact) mass is 359 g/mol. The molecule has 0 spiro atoms. The second-order valence-electron chi connectivity index (χ2n) is 5.55. The van der Waals surface area contributed by atoms with Crippen LogP contribution in [-0.4, -0.2) is 24.7 Å². The van der Waals surface area contributed by atoms with Crippen molar-refractivity contribution in [2.75, 3.05) is 5.32 Å². The first-order chi connectivity index (χ1) is 12.7. The average molecular weight is 359 g/mol. The second kappa shape index (κ2) is 6.74. The molecule has 26 heavy (non-hydrogen) atoms. The normalized spacial score (nSPS) is 10.5. The summed E-state index contributed by atoms with van der Waals surface area (Å²) in [5, 5.41) is 18.1. The molecular formula is C18H13N7S. The quantitative estimate of drug-likeness (QED) is 0.597. The molecule has 7 nitrogen and oxygen atoms in total. The molecule has 4 aromatic rings.